The Balaban J connectivity index is 2.37. The number of unbranched alkanes of at least 4 members (excludes halogenated alkanes) is 7. The van der Waals surface area contributed by atoms with Crippen LogP contribution in [0, 0.1) is 0 Å². The molecule has 0 aromatic heterocycles. The molecule has 23 heavy (non-hydrogen) atoms. The molecule has 1 unspecified atom stereocenters. The van der Waals surface area contributed by atoms with E-state index < -0.39 is 22.0 Å². The fourth-order valence-electron chi connectivity index (χ4n) is 2.65. The summed E-state index contributed by atoms with van der Waals surface area (Å²) in [6.07, 6.45) is 10.9. The maximum atomic E-state index is 12.3. The second kappa shape index (κ2) is 10.6. The minimum atomic E-state index is -3.63. The molecular weight excluding hydrogens is 318 g/mol. The van der Waals surface area contributed by atoms with Crippen LogP contribution in [0.5, 0.6) is 0 Å². The van der Waals surface area contributed by atoms with Crippen molar-refractivity contribution >= 4 is 22.1 Å². The van der Waals surface area contributed by atoms with E-state index in [1.807, 2.05) is 0 Å². The Labute approximate surface area is 139 Å². The van der Waals surface area contributed by atoms with E-state index in [2.05, 4.69) is 12.0 Å². The van der Waals surface area contributed by atoms with Crippen molar-refractivity contribution in [2.75, 3.05) is 5.75 Å². The summed E-state index contributed by atoms with van der Waals surface area (Å²) in [7, 11) is -3.63. The van der Waals surface area contributed by atoms with Gasteiger partial charge in [0.15, 0.2) is 0 Å². The summed E-state index contributed by atoms with van der Waals surface area (Å²) in [5.74, 6) is -0.754. The predicted molar refractivity (Wildman–Crippen MR) is 89.7 cm³/mol. The molecular formula is C15H29N3O4S. The van der Waals surface area contributed by atoms with Crippen molar-refractivity contribution in [1.29, 1.82) is 0 Å². The van der Waals surface area contributed by atoms with Crippen molar-refractivity contribution in [2.45, 2.75) is 77.2 Å². The summed E-state index contributed by atoms with van der Waals surface area (Å²) in [6, 6.07) is -0.955. The number of sulfonamides is 1. The average molecular weight is 347 g/mol. The van der Waals surface area contributed by atoms with Gasteiger partial charge in [0.1, 0.15) is 6.04 Å². The molecule has 1 heterocycles. The van der Waals surface area contributed by atoms with Crippen LogP contribution in [-0.2, 0) is 14.8 Å². The van der Waals surface area contributed by atoms with Crippen LogP contribution in [0.4, 0.5) is 0 Å². The molecule has 8 heteroatoms. The molecule has 1 rings (SSSR count). The van der Waals surface area contributed by atoms with E-state index in [1.165, 1.54) is 37.4 Å². The molecule has 0 bridgehead atoms. The quantitative estimate of drug-likeness (QED) is 0.340. The van der Waals surface area contributed by atoms with Crippen molar-refractivity contribution in [3.8, 4) is 0 Å². The zero-order chi connectivity index (χ0) is 17.1. The highest BCUT2D eigenvalue weighted by molar-refractivity contribution is 7.89. The van der Waals surface area contributed by atoms with Crippen molar-refractivity contribution < 1.29 is 18.4 Å². The number of hydroxylamine groups is 1. The Morgan fingerprint density at radius 3 is 2.43 bits per heavy atom. The van der Waals surface area contributed by atoms with Gasteiger partial charge in [-0.1, -0.05) is 51.9 Å². The summed E-state index contributed by atoms with van der Waals surface area (Å²) < 4.78 is 25.5. The van der Waals surface area contributed by atoms with Gasteiger partial charge >= 0.3 is 0 Å². The number of hydrogen-bond acceptors (Lipinski definition) is 5. The Kier molecular flexibility index (Phi) is 9.16. The molecule has 2 N–H and O–H groups in total. The monoisotopic (exact) mass is 347 g/mol. The molecule has 0 aliphatic carbocycles. The van der Waals surface area contributed by atoms with Crippen LogP contribution in [-0.4, -0.2) is 42.0 Å². The van der Waals surface area contributed by atoms with E-state index >= 15 is 0 Å². The van der Waals surface area contributed by atoms with E-state index in [4.69, 9.17) is 5.21 Å². The fraction of sp³-hybridized carbons (Fsp3) is 0.867. The maximum Gasteiger partial charge on any atom is 0.269 e. The smallest absolute Gasteiger partial charge is 0.269 e. The molecule has 0 fully saturated rings. The van der Waals surface area contributed by atoms with Gasteiger partial charge in [-0.3, -0.25) is 10.0 Å². The highest BCUT2D eigenvalue weighted by atomic mass is 32.2. The van der Waals surface area contributed by atoms with Gasteiger partial charge in [0, 0.05) is 6.21 Å². The third-order valence-electron chi connectivity index (χ3n) is 3.98. The van der Waals surface area contributed by atoms with E-state index in [9.17, 15) is 13.2 Å². The lowest BCUT2D eigenvalue weighted by Crippen LogP contribution is -2.48. The lowest BCUT2D eigenvalue weighted by molar-refractivity contribution is -0.133. The number of hydrogen-bond donors (Lipinski definition) is 2. The first-order valence-electron chi connectivity index (χ1n) is 8.51. The largest absolute Gasteiger partial charge is 0.289 e. The summed E-state index contributed by atoms with van der Waals surface area (Å²) >= 11 is 0. The van der Waals surface area contributed by atoms with Gasteiger partial charge in [-0.2, -0.15) is 9.52 Å². The zero-order valence-electron chi connectivity index (χ0n) is 13.9. The standard InChI is InChI=1S/C15H29N3O4S/c1-2-3-4-5-6-7-8-9-13-23(21,22)18-14(15(19)17-20)11-10-12-16-18/h12,14,20H,2-11,13H2,1H3,(H,17,19). The van der Waals surface area contributed by atoms with E-state index in [-0.39, 0.29) is 5.75 Å². The van der Waals surface area contributed by atoms with Gasteiger partial charge in [0.2, 0.25) is 0 Å². The van der Waals surface area contributed by atoms with Crippen LogP contribution in [0.2, 0.25) is 0 Å². The number of amides is 1. The fourth-order valence-corrected chi connectivity index (χ4v) is 4.20. The molecule has 0 radical (unpaired) electrons. The van der Waals surface area contributed by atoms with Crippen LogP contribution in [0.1, 0.15) is 71.1 Å². The summed E-state index contributed by atoms with van der Waals surface area (Å²) in [6.45, 7) is 2.18. The lowest BCUT2D eigenvalue weighted by Gasteiger charge is -2.29. The number of hydrazone groups is 1. The normalized spacial score (nSPS) is 18.2. The highest BCUT2D eigenvalue weighted by Crippen LogP contribution is 2.19. The van der Waals surface area contributed by atoms with E-state index in [0.29, 0.717) is 19.3 Å². The molecule has 1 atom stereocenters. The van der Waals surface area contributed by atoms with Crippen molar-refractivity contribution in [3.63, 3.8) is 0 Å². The highest BCUT2D eigenvalue weighted by Gasteiger charge is 2.34. The van der Waals surface area contributed by atoms with Gasteiger partial charge in [-0.15, -0.1) is 0 Å². The molecule has 0 saturated carbocycles. The SMILES string of the molecule is CCCCCCCCCCS(=O)(=O)N1N=CCCC1C(=O)NO. The Hall–Kier alpha value is -1.15. The molecule has 7 nitrogen and oxygen atoms in total. The molecule has 1 aliphatic rings. The summed E-state index contributed by atoms with van der Waals surface area (Å²) in [4.78, 5) is 11.6. The third-order valence-corrected chi connectivity index (χ3v) is 5.71. The number of carbonyl (C=O) groups is 1. The first kappa shape index (κ1) is 19.9. The van der Waals surface area contributed by atoms with Gasteiger partial charge in [0.25, 0.3) is 15.9 Å². The van der Waals surface area contributed by atoms with E-state index in [0.717, 1.165) is 23.7 Å². The molecule has 1 amide bonds. The second-order valence-corrected chi connectivity index (χ2v) is 7.88. The van der Waals surface area contributed by atoms with Crippen LogP contribution in [0.3, 0.4) is 0 Å². The topological polar surface area (TPSA) is 99.1 Å². The molecule has 0 saturated heterocycles. The second-order valence-electron chi connectivity index (χ2n) is 5.93. The Morgan fingerprint density at radius 1 is 1.22 bits per heavy atom. The van der Waals surface area contributed by atoms with Crippen LogP contribution in [0.25, 0.3) is 0 Å². The molecule has 0 aromatic carbocycles. The lowest BCUT2D eigenvalue weighted by atomic mass is 10.1. The minimum Gasteiger partial charge on any atom is -0.289 e. The first-order chi connectivity index (χ1) is 11.0. The van der Waals surface area contributed by atoms with Crippen LogP contribution < -0.4 is 5.48 Å². The number of nitrogens with zero attached hydrogens (tertiary/aromatic N) is 2. The average Bonchev–Trinajstić information content (AvgIpc) is 2.56. The summed E-state index contributed by atoms with van der Waals surface area (Å²) in [5, 5.41) is 12.6. The van der Waals surface area contributed by atoms with Crippen molar-refractivity contribution in [3.05, 3.63) is 0 Å². The van der Waals surface area contributed by atoms with E-state index in [1.54, 1.807) is 0 Å². The van der Waals surface area contributed by atoms with Crippen molar-refractivity contribution in [2.24, 2.45) is 5.10 Å². The molecule has 0 spiro atoms. The van der Waals surface area contributed by atoms with Crippen molar-refractivity contribution in [1.82, 2.24) is 9.89 Å². The van der Waals surface area contributed by atoms with Gasteiger partial charge in [0.05, 0.1) is 5.75 Å². The molecule has 1 aliphatic heterocycles. The first-order valence-corrected chi connectivity index (χ1v) is 10.1. The zero-order valence-corrected chi connectivity index (χ0v) is 14.7. The van der Waals surface area contributed by atoms with Crippen LogP contribution in [0.15, 0.2) is 5.10 Å². The molecule has 0 aromatic rings. The third kappa shape index (κ3) is 6.87. The van der Waals surface area contributed by atoms with Gasteiger partial charge in [-0.25, -0.2) is 13.9 Å². The number of rotatable bonds is 11. The predicted octanol–water partition coefficient (Wildman–Crippen LogP) is 2.41. The number of carbonyl (C=O) groups excluding carboxylic acids is 1. The minimum absolute atomic E-state index is 0.0193. The number of nitrogens with one attached hydrogen (secondary N) is 1. The maximum absolute atomic E-state index is 12.3. The Morgan fingerprint density at radius 2 is 1.83 bits per heavy atom. The van der Waals surface area contributed by atoms with Crippen LogP contribution >= 0.6 is 0 Å². The Bertz CT molecular complexity index is 479. The van der Waals surface area contributed by atoms with Gasteiger partial charge < -0.3 is 0 Å². The molecule has 134 valence electrons. The van der Waals surface area contributed by atoms with Gasteiger partial charge in [-0.05, 0) is 19.3 Å². The summed E-state index contributed by atoms with van der Waals surface area (Å²) in [5.41, 5.74) is 1.52.